The molecule has 82 valence electrons. The van der Waals surface area contributed by atoms with E-state index in [4.69, 9.17) is 16.3 Å². The molecule has 1 amide bonds. The lowest BCUT2D eigenvalue weighted by atomic mass is 9.89. The van der Waals surface area contributed by atoms with E-state index in [0.717, 1.165) is 11.3 Å². The molecule has 1 aliphatic rings. The molecule has 0 saturated carbocycles. The molecule has 0 atom stereocenters. The zero-order chi connectivity index (χ0) is 10.9. The van der Waals surface area contributed by atoms with Crippen molar-refractivity contribution in [3.8, 4) is 0 Å². The number of rotatable bonds is 3. The zero-order valence-corrected chi connectivity index (χ0v) is 9.69. The molecule has 2 heterocycles. The highest BCUT2D eigenvalue weighted by Crippen LogP contribution is 2.25. The van der Waals surface area contributed by atoms with Gasteiger partial charge in [-0.05, 0) is 11.6 Å². The van der Waals surface area contributed by atoms with Crippen LogP contribution >= 0.6 is 22.9 Å². The highest BCUT2D eigenvalue weighted by molar-refractivity contribution is 7.17. The van der Waals surface area contributed by atoms with Gasteiger partial charge in [0.05, 0.1) is 13.2 Å². The Hall–Kier alpha value is -0.720. The van der Waals surface area contributed by atoms with Gasteiger partial charge in [0.1, 0.15) is 0 Å². The minimum Gasteiger partial charge on any atom is -0.380 e. The third-order valence-electron chi connectivity index (χ3n) is 2.17. The molecule has 1 fully saturated rings. The highest BCUT2D eigenvalue weighted by atomic mass is 35.5. The number of hydrogen-bond donors (Lipinski definition) is 1. The molecule has 0 aromatic carbocycles. The van der Waals surface area contributed by atoms with Gasteiger partial charge in [-0.1, -0.05) is 18.3 Å². The average Bonchev–Trinajstić information content (AvgIpc) is 2.58. The summed E-state index contributed by atoms with van der Waals surface area (Å²) in [6.07, 6.45) is 0. The van der Waals surface area contributed by atoms with Crippen LogP contribution in [0.5, 0.6) is 0 Å². The number of halogens is 1. The van der Waals surface area contributed by atoms with Gasteiger partial charge in [-0.25, -0.2) is 0 Å². The van der Waals surface area contributed by atoms with Crippen LogP contribution in [0.25, 0.3) is 0 Å². The number of carbonyl (C=O) groups is 1. The van der Waals surface area contributed by atoms with Gasteiger partial charge in [0.2, 0.25) is 9.47 Å². The van der Waals surface area contributed by atoms with Crippen LogP contribution in [0.3, 0.4) is 0 Å². The Morgan fingerprint density at radius 2 is 2.40 bits per heavy atom. The van der Waals surface area contributed by atoms with Crippen LogP contribution in [-0.4, -0.2) is 35.9 Å². The first-order valence-electron chi connectivity index (χ1n) is 4.44. The van der Waals surface area contributed by atoms with Crippen LogP contribution in [0.4, 0.5) is 0 Å². The van der Waals surface area contributed by atoms with E-state index in [1.807, 2.05) is 0 Å². The summed E-state index contributed by atoms with van der Waals surface area (Å²) in [7, 11) is 0. The van der Waals surface area contributed by atoms with E-state index in [9.17, 15) is 4.79 Å². The molecule has 7 heteroatoms. The fraction of sp³-hybridized carbons (Fsp3) is 0.625. The van der Waals surface area contributed by atoms with Crippen molar-refractivity contribution in [3.63, 3.8) is 0 Å². The summed E-state index contributed by atoms with van der Waals surface area (Å²) >= 11 is 6.65. The summed E-state index contributed by atoms with van der Waals surface area (Å²) in [6, 6.07) is 0. The van der Waals surface area contributed by atoms with E-state index in [1.54, 1.807) is 0 Å². The van der Waals surface area contributed by atoms with E-state index in [1.165, 1.54) is 0 Å². The predicted octanol–water partition coefficient (Wildman–Crippen LogP) is 0.958. The Morgan fingerprint density at radius 3 is 2.87 bits per heavy atom. The first-order chi connectivity index (χ1) is 7.09. The molecule has 2 rings (SSSR count). The van der Waals surface area contributed by atoms with E-state index in [2.05, 4.69) is 22.4 Å². The number of nitrogens with zero attached hydrogens (tertiary/aromatic N) is 2. The first kappa shape index (κ1) is 10.8. The fourth-order valence-electron chi connectivity index (χ4n) is 1.22. The van der Waals surface area contributed by atoms with Crippen LogP contribution in [0, 0.1) is 5.41 Å². The van der Waals surface area contributed by atoms with Crippen LogP contribution in [0.2, 0.25) is 4.47 Å². The normalized spacial score (nSPS) is 18.3. The molecule has 0 bridgehead atoms. The van der Waals surface area contributed by atoms with Gasteiger partial charge in [0.25, 0.3) is 5.91 Å². The Labute approximate surface area is 95.8 Å². The molecule has 1 aromatic rings. The minimum atomic E-state index is -0.229. The summed E-state index contributed by atoms with van der Waals surface area (Å²) in [5, 5.41) is 10.3. The molecule has 5 nitrogen and oxygen atoms in total. The largest absolute Gasteiger partial charge is 0.380 e. The van der Waals surface area contributed by atoms with Gasteiger partial charge in [-0.3, -0.25) is 4.79 Å². The van der Waals surface area contributed by atoms with Crippen molar-refractivity contribution in [1.29, 1.82) is 0 Å². The lowest BCUT2D eigenvalue weighted by Crippen LogP contribution is -2.48. The van der Waals surface area contributed by atoms with E-state index < -0.39 is 0 Å². The molecule has 0 radical (unpaired) electrons. The maximum absolute atomic E-state index is 11.5. The number of aromatic nitrogens is 2. The summed E-state index contributed by atoms with van der Waals surface area (Å²) in [5.74, 6) is -0.229. The Bertz CT molecular complexity index is 378. The molecule has 15 heavy (non-hydrogen) atoms. The second-order valence-electron chi connectivity index (χ2n) is 3.85. The molecule has 1 aliphatic heterocycles. The van der Waals surface area contributed by atoms with E-state index >= 15 is 0 Å². The number of amides is 1. The standard InChI is InChI=1S/C8H10ClN3O2S/c1-8(3-14-4-8)2-10-5(13)6-11-12-7(9)15-6/h2-4H2,1H3,(H,10,13). The Kier molecular flexibility index (Phi) is 2.90. The first-order valence-corrected chi connectivity index (χ1v) is 5.63. The van der Waals surface area contributed by atoms with Gasteiger partial charge >= 0.3 is 0 Å². The molecule has 1 saturated heterocycles. The third kappa shape index (κ3) is 2.45. The van der Waals surface area contributed by atoms with Gasteiger partial charge in [0.15, 0.2) is 0 Å². The molecule has 1 aromatic heterocycles. The molecule has 0 aliphatic carbocycles. The highest BCUT2D eigenvalue weighted by Gasteiger charge is 2.33. The van der Waals surface area contributed by atoms with Crippen LogP contribution in [0.1, 0.15) is 16.7 Å². The summed E-state index contributed by atoms with van der Waals surface area (Å²) in [6.45, 7) is 4.02. The fourth-order valence-corrected chi connectivity index (χ4v) is 1.96. The Morgan fingerprint density at radius 1 is 1.67 bits per heavy atom. The SMILES string of the molecule is CC1(CNC(=O)c2nnc(Cl)s2)COC1. The quantitative estimate of drug-likeness (QED) is 0.864. The van der Waals surface area contributed by atoms with Gasteiger partial charge in [-0.2, -0.15) is 0 Å². The van der Waals surface area contributed by atoms with Crippen LogP contribution < -0.4 is 5.32 Å². The second kappa shape index (κ2) is 4.03. The number of carbonyl (C=O) groups excluding carboxylic acids is 1. The van der Waals surface area contributed by atoms with Crippen molar-refractivity contribution < 1.29 is 9.53 Å². The molecular weight excluding hydrogens is 238 g/mol. The van der Waals surface area contributed by atoms with Gasteiger partial charge in [-0.15, -0.1) is 10.2 Å². The molecule has 1 N–H and O–H groups in total. The maximum atomic E-state index is 11.5. The van der Waals surface area contributed by atoms with Crippen molar-refractivity contribution in [1.82, 2.24) is 15.5 Å². The van der Waals surface area contributed by atoms with Crippen molar-refractivity contribution in [2.24, 2.45) is 5.41 Å². The summed E-state index contributed by atoms with van der Waals surface area (Å²) < 4.78 is 5.36. The summed E-state index contributed by atoms with van der Waals surface area (Å²) in [4.78, 5) is 11.5. The van der Waals surface area contributed by atoms with Gasteiger partial charge < -0.3 is 10.1 Å². The number of hydrogen-bond acceptors (Lipinski definition) is 5. The number of ether oxygens (including phenoxy) is 1. The van der Waals surface area contributed by atoms with Crippen molar-refractivity contribution >= 4 is 28.8 Å². The predicted molar refractivity (Wildman–Crippen MR) is 56.2 cm³/mol. The third-order valence-corrected chi connectivity index (χ3v) is 3.19. The topological polar surface area (TPSA) is 64.1 Å². The van der Waals surface area contributed by atoms with E-state index in [-0.39, 0.29) is 15.8 Å². The minimum absolute atomic E-state index is 0.0597. The molecular formula is C8H10ClN3O2S. The average molecular weight is 248 g/mol. The summed E-state index contributed by atoms with van der Waals surface area (Å²) in [5.41, 5.74) is 0.0597. The smallest absolute Gasteiger partial charge is 0.282 e. The van der Waals surface area contributed by atoms with Crippen molar-refractivity contribution in [2.75, 3.05) is 19.8 Å². The molecule has 0 spiro atoms. The lowest BCUT2D eigenvalue weighted by Gasteiger charge is -2.37. The lowest BCUT2D eigenvalue weighted by molar-refractivity contribution is -0.0978. The second-order valence-corrected chi connectivity index (χ2v) is 5.41. The monoisotopic (exact) mass is 247 g/mol. The Balaban J connectivity index is 1.87. The maximum Gasteiger partial charge on any atom is 0.282 e. The van der Waals surface area contributed by atoms with Crippen molar-refractivity contribution in [2.45, 2.75) is 6.92 Å². The van der Waals surface area contributed by atoms with E-state index in [0.29, 0.717) is 24.8 Å². The number of nitrogens with one attached hydrogen (secondary N) is 1. The van der Waals surface area contributed by atoms with Gasteiger partial charge in [0, 0.05) is 12.0 Å². The van der Waals surface area contributed by atoms with Crippen molar-refractivity contribution in [3.05, 3.63) is 9.47 Å². The van der Waals surface area contributed by atoms with Crippen LogP contribution in [0.15, 0.2) is 0 Å². The molecule has 0 unspecified atom stereocenters. The zero-order valence-electron chi connectivity index (χ0n) is 8.12. The van der Waals surface area contributed by atoms with Crippen LogP contribution in [-0.2, 0) is 4.74 Å².